The van der Waals surface area contributed by atoms with E-state index in [0.29, 0.717) is 12.2 Å². The highest BCUT2D eigenvalue weighted by Crippen LogP contribution is 2.16. The Morgan fingerprint density at radius 2 is 1.77 bits per heavy atom. The maximum Gasteiger partial charge on any atom is 0.261 e. The molecule has 4 heteroatoms. The van der Waals surface area contributed by atoms with E-state index in [1.165, 1.54) is 24.3 Å². The van der Waals surface area contributed by atoms with E-state index >= 15 is 0 Å². The Hall–Kier alpha value is -2.36. The first-order valence-electron chi connectivity index (χ1n) is 7.37. The molecule has 0 heterocycles. The molecule has 2 atom stereocenters. The van der Waals surface area contributed by atoms with E-state index in [9.17, 15) is 9.18 Å². The van der Waals surface area contributed by atoms with Crippen LogP contribution < -0.4 is 10.1 Å². The van der Waals surface area contributed by atoms with E-state index in [1.807, 2.05) is 44.2 Å². The number of carbonyl (C=O) groups is 1. The Labute approximate surface area is 130 Å². The monoisotopic (exact) mass is 301 g/mol. The number of halogens is 1. The standard InChI is InChI=1S/C18H20FNO2/c1-3-17(22-16-11-9-15(19)10-12-16)18(21)20-13(2)14-7-5-4-6-8-14/h4-13,17H,3H2,1-2H3,(H,20,21)/t13-,17+/m1/s1. The molecule has 1 amide bonds. The zero-order chi connectivity index (χ0) is 15.9. The third-order valence-corrected chi connectivity index (χ3v) is 3.41. The molecule has 0 saturated heterocycles. The number of hydrogen-bond donors (Lipinski definition) is 1. The van der Waals surface area contributed by atoms with Crippen molar-refractivity contribution >= 4 is 5.91 Å². The molecule has 2 aromatic rings. The summed E-state index contributed by atoms with van der Waals surface area (Å²) >= 11 is 0. The third kappa shape index (κ3) is 4.32. The van der Waals surface area contributed by atoms with Crippen LogP contribution in [0.25, 0.3) is 0 Å². The summed E-state index contributed by atoms with van der Waals surface area (Å²) < 4.78 is 18.5. The van der Waals surface area contributed by atoms with Crippen LogP contribution in [0, 0.1) is 5.82 Å². The first kappa shape index (κ1) is 16.0. The van der Waals surface area contributed by atoms with Crippen LogP contribution in [0.15, 0.2) is 54.6 Å². The molecular formula is C18H20FNO2. The highest BCUT2D eigenvalue weighted by Gasteiger charge is 2.20. The van der Waals surface area contributed by atoms with E-state index in [-0.39, 0.29) is 17.8 Å². The van der Waals surface area contributed by atoms with Crippen molar-refractivity contribution in [3.8, 4) is 5.75 Å². The summed E-state index contributed by atoms with van der Waals surface area (Å²) in [6.45, 7) is 3.80. The molecule has 2 rings (SSSR count). The molecule has 22 heavy (non-hydrogen) atoms. The van der Waals surface area contributed by atoms with Crippen molar-refractivity contribution in [2.45, 2.75) is 32.4 Å². The molecule has 0 spiro atoms. The van der Waals surface area contributed by atoms with Gasteiger partial charge in [0.25, 0.3) is 5.91 Å². The predicted octanol–water partition coefficient (Wildman–Crippen LogP) is 3.86. The van der Waals surface area contributed by atoms with Gasteiger partial charge in [-0.3, -0.25) is 4.79 Å². The Kier molecular flexibility index (Phi) is 5.53. The van der Waals surface area contributed by atoms with Gasteiger partial charge in [-0.15, -0.1) is 0 Å². The fraction of sp³-hybridized carbons (Fsp3) is 0.278. The molecule has 3 nitrogen and oxygen atoms in total. The van der Waals surface area contributed by atoms with Gasteiger partial charge >= 0.3 is 0 Å². The SMILES string of the molecule is CC[C@H](Oc1ccc(F)cc1)C(=O)N[C@H](C)c1ccccc1. The summed E-state index contributed by atoms with van der Waals surface area (Å²) in [7, 11) is 0. The van der Waals surface area contributed by atoms with Gasteiger partial charge in [-0.25, -0.2) is 4.39 Å². The zero-order valence-electron chi connectivity index (χ0n) is 12.8. The van der Waals surface area contributed by atoms with Gasteiger partial charge in [-0.1, -0.05) is 37.3 Å². The van der Waals surface area contributed by atoms with Gasteiger partial charge in [0.05, 0.1) is 6.04 Å². The van der Waals surface area contributed by atoms with Crippen LogP contribution in [0.1, 0.15) is 31.9 Å². The summed E-state index contributed by atoms with van der Waals surface area (Å²) in [6.07, 6.45) is -0.0679. The van der Waals surface area contributed by atoms with Crippen LogP contribution in [0.2, 0.25) is 0 Å². The summed E-state index contributed by atoms with van der Waals surface area (Å²) in [5, 5.41) is 2.94. The molecule has 116 valence electrons. The van der Waals surface area contributed by atoms with Gasteiger partial charge in [0.2, 0.25) is 0 Å². The van der Waals surface area contributed by atoms with E-state index < -0.39 is 6.10 Å². The van der Waals surface area contributed by atoms with Crippen LogP contribution in [0.4, 0.5) is 4.39 Å². The molecule has 0 fully saturated rings. The highest BCUT2D eigenvalue weighted by molar-refractivity contribution is 5.81. The van der Waals surface area contributed by atoms with Gasteiger partial charge < -0.3 is 10.1 Å². The van der Waals surface area contributed by atoms with Crippen LogP contribution in [-0.2, 0) is 4.79 Å². The van der Waals surface area contributed by atoms with E-state index in [2.05, 4.69) is 5.32 Å². The first-order chi connectivity index (χ1) is 10.6. The molecule has 0 aromatic heterocycles. The Bertz CT molecular complexity index is 598. The minimum Gasteiger partial charge on any atom is -0.481 e. The fourth-order valence-corrected chi connectivity index (χ4v) is 2.13. The largest absolute Gasteiger partial charge is 0.481 e. The second-order valence-electron chi connectivity index (χ2n) is 5.11. The van der Waals surface area contributed by atoms with E-state index in [4.69, 9.17) is 4.74 Å². The lowest BCUT2D eigenvalue weighted by atomic mass is 10.1. The van der Waals surface area contributed by atoms with Gasteiger partial charge in [-0.2, -0.15) is 0 Å². The van der Waals surface area contributed by atoms with Crippen molar-refractivity contribution in [1.29, 1.82) is 0 Å². The maximum atomic E-state index is 12.9. The smallest absolute Gasteiger partial charge is 0.261 e. The summed E-state index contributed by atoms with van der Waals surface area (Å²) in [4.78, 5) is 12.3. The number of rotatable bonds is 6. The van der Waals surface area contributed by atoms with Crippen molar-refractivity contribution in [3.63, 3.8) is 0 Å². The summed E-state index contributed by atoms with van der Waals surface area (Å²) in [5.74, 6) is -0.0264. The van der Waals surface area contributed by atoms with Crippen LogP contribution in [0.3, 0.4) is 0 Å². The molecule has 2 aromatic carbocycles. The van der Waals surface area contributed by atoms with Crippen molar-refractivity contribution in [2.24, 2.45) is 0 Å². The number of benzene rings is 2. The quantitative estimate of drug-likeness (QED) is 0.880. The molecule has 0 aliphatic rings. The molecule has 1 N–H and O–H groups in total. The minimum absolute atomic E-state index is 0.0976. The van der Waals surface area contributed by atoms with Gasteiger partial charge in [-0.05, 0) is 43.2 Å². The highest BCUT2D eigenvalue weighted by atomic mass is 19.1. The van der Waals surface area contributed by atoms with Crippen LogP contribution in [0.5, 0.6) is 5.75 Å². The van der Waals surface area contributed by atoms with Crippen molar-refractivity contribution in [2.75, 3.05) is 0 Å². The summed E-state index contributed by atoms with van der Waals surface area (Å²) in [5.41, 5.74) is 1.03. The Morgan fingerprint density at radius 1 is 1.14 bits per heavy atom. The minimum atomic E-state index is -0.600. The lowest BCUT2D eigenvalue weighted by Crippen LogP contribution is -2.39. The van der Waals surface area contributed by atoms with Crippen molar-refractivity contribution in [1.82, 2.24) is 5.32 Å². The fourth-order valence-electron chi connectivity index (χ4n) is 2.13. The van der Waals surface area contributed by atoms with Gasteiger partial charge in [0.15, 0.2) is 6.10 Å². The van der Waals surface area contributed by atoms with Crippen molar-refractivity contribution in [3.05, 3.63) is 66.0 Å². The second-order valence-corrected chi connectivity index (χ2v) is 5.11. The Balaban J connectivity index is 1.98. The van der Waals surface area contributed by atoms with Crippen molar-refractivity contribution < 1.29 is 13.9 Å². The average molecular weight is 301 g/mol. The number of amides is 1. The summed E-state index contributed by atoms with van der Waals surface area (Å²) in [6, 6.07) is 15.3. The van der Waals surface area contributed by atoms with Crippen LogP contribution >= 0.6 is 0 Å². The number of carbonyl (C=O) groups excluding carboxylic acids is 1. The lowest BCUT2D eigenvalue weighted by molar-refractivity contribution is -0.128. The third-order valence-electron chi connectivity index (χ3n) is 3.41. The molecule has 0 aliphatic heterocycles. The topological polar surface area (TPSA) is 38.3 Å². The molecule has 0 unspecified atom stereocenters. The van der Waals surface area contributed by atoms with Crippen LogP contribution in [-0.4, -0.2) is 12.0 Å². The second kappa shape index (κ2) is 7.59. The van der Waals surface area contributed by atoms with Gasteiger partial charge in [0.1, 0.15) is 11.6 Å². The molecular weight excluding hydrogens is 281 g/mol. The maximum absolute atomic E-state index is 12.9. The molecule has 0 aliphatic carbocycles. The predicted molar refractivity (Wildman–Crippen MR) is 84.1 cm³/mol. The van der Waals surface area contributed by atoms with E-state index in [0.717, 1.165) is 5.56 Å². The molecule has 0 radical (unpaired) electrons. The molecule has 0 saturated carbocycles. The van der Waals surface area contributed by atoms with E-state index in [1.54, 1.807) is 0 Å². The normalized spacial score (nSPS) is 13.2. The number of nitrogens with one attached hydrogen (secondary N) is 1. The number of ether oxygens (including phenoxy) is 1. The average Bonchev–Trinajstić information content (AvgIpc) is 2.55. The zero-order valence-corrected chi connectivity index (χ0v) is 12.8. The first-order valence-corrected chi connectivity index (χ1v) is 7.37. The number of hydrogen-bond acceptors (Lipinski definition) is 2. The molecule has 0 bridgehead atoms. The Morgan fingerprint density at radius 3 is 2.36 bits per heavy atom. The lowest BCUT2D eigenvalue weighted by Gasteiger charge is -2.20. The van der Waals surface area contributed by atoms with Gasteiger partial charge in [0, 0.05) is 0 Å².